The van der Waals surface area contributed by atoms with E-state index in [2.05, 4.69) is 35.7 Å². The third kappa shape index (κ3) is 4.71. The maximum atomic E-state index is 9.52. The van der Waals surface area contributed by atoms with E-state index in [1.54, 1.807) is 11.3 Å². The molecule has 0 bridgehead atoms. The largest absolute Gasteiger partial charge is 0.396 e. The van der Waals surface area contributed by atoms with Crippen LogP contribution in [0.4, 0.5) is 11.8 Å². The number of rotatable bonds is 8. The SMILES string of the molecule is Cc1nc(NCCN(C)C)nc(N[C@H]2CC[C@@H](CO)C2)c1-c1nc2ccccc2s1. The van der Waals surface area contributed by atoms with Gasteiger partial charge < -0.3 is 20.6 Å². The Kier molecular flexibility index (Phi) is 6.46. The fourth-order valence-electron chi connectivity index (χ4n) is 3.95. The average molecular weight is 427 g/mol. The first-order valence-electron chi connectivity index (χ1n) is 10.5. The monoisotopic (exact) mass is 426 g/mol. The first kappa shape index (κ1) is 21.0. The molecule has 7 nitrogen and oxygen atoms in total. The Morgan fingerprint density at radius 3 is 2.73 bits per heavy atom. The van der Waals surface area contributed by atoms with Crippen molar-refractivity contribution in [3.63, 3.8) is 0 Å². The number of nitrogens with zero attached hydrogens (tertiary/aromatic N) is 4. The topological polar surface area (TPSA) is 86.2 Å². The van der Waals surface area contributed by atoms with Crippen LogP contribution in [0.3, 0.4) is 0 Å². The van der Waals surface area contributed by atoms with Crippen LogP contribution in [-0.4, -0.2) is 64.8 Å². The molecular weight excluding hydrogens is 396 g/mol. The van der Waals surface area contributed by atoms with Crippen LogP contribution >= 0.6 is 11.3 Å². The molecule has 1 aromatic carbocycles. The molecule has 0 unspecified atom stereocenters. The molecular formula is C22H30N6OS. The molecule has 0 saturated heterocycles. The Labute approximate surface area is 181 Å². The molecule has 2 heterocycles. The van der Waals surface area contributed by atoms with Crippen molar-refractivity contribution in [1.82, 2.24) is 19.9 Å². The van der Waals surface area contributed by atoms with Gasteiger partial charge in [-0.1, -0.05) is 12.1 Å². The highest BCUT2D eigenvalue weighted by Gasteiger charge is 2.26. The van der Waals surface area contributed by atoms with E-state index < -0.39 is 0 Å². The first-order chi connectivity index (χ1) is 14.5. The summed E-state index contributed by atoms with van der Waals surface area (Å²) < 4.78 is 1.16. The van der Waals surface area contributed by atoms with E-state index in [9.17, 15) is 5.11 Å². The van der Waals surface area contributed by atoms with Crippen LogP contribution in [0.2, 0.25) is 0 Å². The van der Waals surface area contributed by atoms with Crippen molar-refractivity contribution in [2.75, 3.05) is 44.4 Å². The van der Waals surface area contributed by atoms with Gasteiger partial charge in [0.2, 0.25) is 5.95 Å². The second kappa shape index (κ2) is 9.24. The van der Waals surface area contributed by atoms with E-state index in [1.165, 1.54) is 0 Å². The van der Waals surface area contributed by atoms with Gasteiger partial charge in [-0.2, -0.15) is 4.98 Å². The Hall–Kier alpha value is -2.29. The average Bonchev–Trinajstić information content (AvgIpc) is 3.33. The van der Waals surface area contributed by atoms with Gasteiger partial charge in [-0.3, -0.25) is 0 Å². The number of aryl methyl sites for hydroxylation is 1. The van der Waals surface area contributed by atoms with Crippen LogP contribution in [0.5, 0.6) is 0 Å². The number of anilines is 2. The normalized spacial score (nSPS) is 19.0. The zero-order valence-corrected chi connectivity index (χ0v) is 18.7. The Morgan fingerprint density at radius 1 is 1.17 bits per heavy atom. The van der Waals surface area contributed by atoms with Crippen LogP contribution in [0, 0.1) is 12.8 Å². The van der Waals surface area contributed by atoms with E-state index in [-0.39, 0.29) is 6.61 Å². The maximum Gasteiger partial charge on any atom is 0.224 e. The molecule has 1 aliphatic rings. The number of likely N-dealkylation sites (N-methyl/N-ethyl adjacent to an activating group) is 1. The molecule has 0 aliphatic heterocycles. The van der Waals surface area contributed by atoms with Gasteiger partial charge in [-0.25, -0.2) is 9.97 Å². The second-order valence-corrected chi connectivity index (χ2v) is 9.31. The fraction of sp³-hybridized carbons (Fsp3) is 0.500. The van der Waals surface area contributed by atoms with Gasteiger partial charge >= 0.3 is 0 Å². The highest BCUT2D eigenvalue weighted by Crippen LogP contribution is 2.37. The molecule has 2 atom stereocenters. The fourth-order valence-corrected chi connectivity index (χ4v) is 5.01. The summed E-state index contributed by atoms with van der Waals surface area (Å²) in [6, 6.07) is 8.50. The molecule has 0 radical (unpaired) electrons. The summed E-state index contributed by atoms with van der Waals surface area (Å²) in [7, 11) is 4.10. The molecule has 3 N–H and O–H groups in total. The molecule has 8 heteroatoms. The number of nitrogens with one attached hydrogen (secondary N) is 2. The number of hydrogen-bond acceptors (Lipinski definition) is 8. The van der Waals surface area contributed by atoms with E-state index in [0.717, 1.165) is 64.7 Å². The number of benzene rings is 1. The third-order valence-electron chi connectivity index (χ3n) is 5.58. The minimum absolute atomic E-state index is 0.253. The van der Waals surface area contributed by atoms with Crippen LogP contribution < -0.4 is 10.6 Å². The molecule has 160 valence electrons. The molecule has 2 aromatic heterocycles. The van der Waals surface area contributed by atoms with Crippen LogP contribution in [0.1, 0.15) is 25.0 Å². The van der Waals surface area contributed by atoms with E-state index in [4.69, 9.17) is 15.0 Å². The van der Waals surface area contributed by atoms with Crippen LogP contribution in [-0.2, 0) is 0 Å². The standard InChI is InChI=1S/C22H30N6OS/c1-14-19(21-26-17-6-4-5-7-18(17)30-21)20(25-16-9-8-15(12-16)13-29)27-22(24-14)23-10-11-28(2)3/h4-7,15-16,29H,8-13H2,1-3H3,(H2,23,24,25,27)/t15-,16+/m1/s1. The van der Waals surface area contributed by atoms with Gasteiger partial charge in [0.25, 0.3) is 0 Å². The summed E-state index contributed by atoms with van der Waals surface area (Å²) >= 11 is 1.67. The van der Waals surface area contributed by atoms with Crippen molar-refractivity contribution in [3.05, 3.63) is 30.0 Å². The molecule has 30 heavy (non-hydrogen) atoms. The predicted molar refractivity (Wildman–Crippen MR) is 124 cm³/mol. The summed E-state index contributed by atoms with van der Waals surface area (Å²) in [5.41, 5.74) is 2.88. The Morgan fingerprint density at radius 2 is 2.00 bits per heavy atom. The van der Waals surface area contributed by atoms with E-state index in [0.29, 0.717) is 17.9 Å². The highest BCUT2D eigenvalue weighted by molar-refractivity contribution is 7.21. The lowest BCUT2D eigenvalue weighted by atomic mass is 10.1. The van der Waals surface area contributed by atoms with Crippen LogP contribution in [0.25, 0.3) is 20.8 Å². The molecule has 1 aliphatic carbocycles. The number of aliphatic hydroxyl groups excluding tert-OH is 1. The zero-order valence-electron chi connectivity index (χ0n) is 17.9. The van der Waals surface area contributed by atoms with Gasteiger partial charge in [0.05, 0.1) is 21.5 Å². The summed E-state index contributed by atoms with van der Waals surface area (Å²) in [5, 5.41) is 17.5. The summed E-state index contributed by atoms with van der Waals surface area (Å²) in [6.45, 7) is 3.97. The molecule has 1 fully saturated rings. The number of hydrogen-bond donors (Lipinski definition) is 3. The van der Waals surface area contributed by atoms with Crippen molar-refractivity contribution in [2.45, 2.75) is 32.2 Å². The molecule has 4 rings (SSSR count). The van der Waals surface area contributed by atoms with Gasteiger partial charge in [-0.15, -0.1) is 11.3 Å². The van der Waals surface area contributed by atoms with Crippen molar-refractivity contribution in [3.8, 4) is 10.6 Å². The Bertz CT molecular complexity index is 971. The van der Waals surface area contributed by atoms with Gasteiger partial charge in [0, 0.05) is 25.7 Å². The minimum Gasteiger partial charge on any atom is -0.396 e. The lowest BCUT2D eigenvalue weighted by Crippen LogP contribution is -2.23. The van der Waals surface area contributed by atoms with Gasteiger partial charge in [0.1, 0.15) is 10.8 Å². The number of aromatic nitrogens is 3. The van der Waals surface area contributed by atoms with Gasteiger partial charge in [0.15, 0.2) is 0 Å². The van der Waals surface area contributed by atoms with E-state index in [1.807, 2.05) is 25.1 Å². The summed E-state index contributed by atoms with van der Waals surface area (Å²) in [6.07, 6.45) is 3.04. The van der Waals surface area contributed by atoms with Crippen molar-refractivity contribution < 1.29 is 5.11 Å². The Balaban J connectivity index is 1.67. The summed E-state index contributed by atoms with van der Waals surface area (Å²) in [4.78, 5) is 16.6. The number of para-hydroxylation sites is 1. The predicted octanol–water partition coefficient (Wildman–Crippen LogP) is 3.61. The second-order valence-electron chi connectivity index (χ2n) is 8.28. The lowest BCUT2D eigenvalue weighted by molar-refractivity contribution is 0.229. The number of thiazole rings is 1. The first-order valence-corrected chi connectivity index (χ1v) is 11.4. The van der Waals surface area contributed by atoms with Crippen LogP contribution in [0.15, 0.2) is 24.3 Å². The third-order valence-corrected chi connectivity index (χ3v) is 6.63. The molecule has 1 saturated carbocycles. The van der Waals surface area contributed by atoms with Crippen molar-refractivity contribution in [1.29, 1.82) is 0 Å². The molecule has 3 aromatic rings. The van der Waals surface area contributed by atoms with Crippen molar-refractivity contribution in [2.24, 2.45) is 5.92 Å². The number of fused-ring (bicyclic) bond motifs is 1. The van der Waals surface area contributed by atoms with Gasteiger partial charge in [-0.05, 0) is 58.3 Å². The molecule has 0 amide bonds. The minimum atomic E-state index is 0.253. The number of aliphatic hydroxyl groups is 1. The highest BCUT2D eigenvalue weighted by atomic mass is 32.1. The smallest absolute Gasteiger partial charge is 0.224 e. The quantitative estimate of drug-likeness (QED) is 0.507. The van der Waals surface area contributed by atoms with E-state index >= 15 is 0 Å². The summed E-state index contributed by atoms with van der Waals surface area (Å²) in [5.74, 6) is 1.84. The molecule has 0 spiro atoms. The lowest BCUT2D eigenvalue weighted by Gasteiger charge is -2.18. The maximum absolute atomic E-state index is 9.52. The zero-order chi connectivity index (χ0) is 21.1. The van der Waals surface area contributed by atoms with Crippen molar-refractivity contribution >= 4 is 33.3 Å².